The second-order valence-corrected chi connectivity index (χ2v) is 7.09. The number of unbranched alkanes of at least 4 members (excludes halogenated alkanes) is 3. The molecule has 0 heterocycles. The van der Waals surface area contributed by atoms with Crippen molar-refractivity contribution in [2.24, 2.45) is 0 Å². The molecule has 0 atom stereocenters. The summed E-state index contributed by atoms with van der Waals surface area (Å²) in [6.07, 6.45) is 4.14. The lowest BCUT2D eigenvalue weighted by Gasteiger charge is -2.08. The van der Waals surface area contributed by atoms with Gasteiger partial charge in [0.15, 0.2) is 0 Å². The maximum Gasteiger partial charge on any atom is 0.242 e. The van der Waals surface area contributed by atoms with Gasteiger partial charge in [0, 0.05) is 11.0 Å². The average molecular weight is 355 g/mol. The Morgan fingerprint density at radius 2 is 2.00 bits per heavy atom. The van der Waals surface area contributed by atoms with E-state index in [2.05, 4.69) is 27.6 Å². The molecule has 0 saturated carbocycles. The highest BCUT2D eigenvalue weighted by atomic mass is 79.9. The van der Waals surface area contributed by atoms with E-state index in [-0.39, 0.29) is 9.92 Å². The molecule has 0 unspecified atom stereocenters. The highest BCUT2D eigenvalue weighted by molar-refractivity contribution is 9.10. The molecule has 18 heavy (non-hydrogen) atoms. The zero-order valence-electron chi connectivity index (χ0n) is 10.2. The molecule has 0 radical (unpaired) electrons. The van der Waals surface area contributed by atoms with E-state index >= 15 is 0 Å². The van der Waals surface area contributed by atoms with E-state index in [1.165, 1.54) is 6.07 Å². The van der Waals surface area contributed by atoms with Gasteiger partial charge in [0.05, 0.1) is 5.02 Å². The van der Waals surface area contributed by atoms with Crippen molar-refractivity contribution >= 4 is 37.6 Å². The average Bonchev–Trinajstić information content (AvgIpc) is 2.28. The van der Waals surface area contributed by atoms with Gasteiger partial charge < -0.3 is 0 Å². The zero-order valence-corrected chi connectivity index (χ0v) is 13.4. The fourth-order valence-corrected chi connectivity index (χ4v) is 3.64. The van der Waals surface area contributed by atoms with Crippen LogP contribution in [-0.4, -0.2) is 15.0 Å². The first kappa shape index (κ1) is 16.0. The molecule has 0 aliphatic carbocycles. The first-order valence-electron chi connectivity index (χ1n) is 5.92. The summed E-state index contributed by atoms with van der Waals surface area (Å²) in [5, 5.41) is 0.227. The van der Waals surface area contributed by atoms with E-state index in [9.17, 15) is 8.42 Å². The van der Waals surface area contributed by atoms with Crippen LogP contribution in [0.5, 0.6) is 0 Å². The van der Waals surface area contributed by atoms with Gasteiger partial charge in [-0.25, -0.2) is 13.1 Å². The predicted molar refractivity (Wildman–Crippen MR) is 78.5 cm³/mol. The topological polar surface area (TPSA) is 46.2 Å². The predicted octanol–water partition coefficient (Wildman–Crippen LogP) is 3.96. The number of rotatable bonds is 7. The number of halogens is 2. The molecule has 0 fully saturated rings. The molecule has 1 aromatic carbocycles. The molecule has 6 heteroatoms. The zero-order chi connectivity index (χ0) is 13.6. The van der Waals surface area contributed by atoms with Crippen LogP contribution in [-0.2, 0) is 10.0 Å². The maximum atomic E-state index is 12.0. The maximum absolute atomic E-state index is 12.0. The molecular formula is C12H17BrClNO2S. The van der Waals surface area contributed by atoms with E-state index in [0.29, 0.717) is 6.54 Å². The standard InChI is InChI=1S/C12H17BrClNO2S/c1-2-3-4-5-8-15-18(16,17)12-7-6-10(13)9-11(12)14/h6-7,9,15H,2-5,8H2,1H3. The van der Waals surface area contributed by atoms with E-state index in [1.54, 1.807) is 12.1 Å². The van der Waals surface area contributed by atoms with Gasteiger partial charge in [0.2, 0.25) is 10.0 Å². The molecule has 0 bridgehead atoms. The molecule has 0 aliphatic heterocycles. The quantitative estimate of drug-likeness (QED) is 0.753. The fraction of sp³-hybridized carbons (Fsp3) is 0.500. The molecular weight excluding hydrogens is 338 g/mol. The third-order valence-electron chi connectivity index (χ3n) is 2.51. The molecule has 0 aliphatic rings. The molecule has 0 spiro atoms. The van der Waals surface area contributed by atoms with Crippen molar-refractivity contribution in [3.8, 4) is 0 Å². The largest absolute Gasteiger partial charge is 0.242 e. The van der Waals surface area contributed by atoms with E-state index in [0.717, 1.165) is 30.2 Å². The molecule has 0 saturated heterocycles. The molecule has 3 nitrogen and oxygen atoms in total. The summed E-state index contributed by atoms with van der Waals surface area (Å²) in [6.45, 7) is 2.57. The summed E-state index contributed by atoms with van der Waals surface area (Å²) < 4.78 is 27.3. The Morgan fingerprint density at radius 1 is 1.28 bits per heavy atom. The van der Waals surface area contributed by atoms with Gasteiger partial charge in [0.1, 0.15) is 4.90 Å². The van der Waals surface area contributed by atoms with Crippen molar-refractivity contribution in [1.29, 1.82) is 0 Å². The van der Waals surface area contributed by atoms with Crippen LogP contribution >= 0.6 is 27.5 Å². The van der Waals surface area contributed by atoms with Crippen LogP contribution < -0.4 is 4.72 Å². The second-order valence-electron chi connectivity index (χ2n) is 4.03. The van der Waals surface area contributed by atoms with Crippen molar-refractivity contribution < 1.29 is 8.42 Å². The molecule has 0 aromatic heterocycles. The third-order valence-corrected chi connectivity index (χ3v) is 4.94. The van der Waals surface area contributed by atoms with Gasteiger partial charge in [0.25, 0.3) is 0 Å². The number of hydrogen-bond donors (Lipinski definition) is 1. The lowest BCUT2D eigenvalue weighted by atomic mass is 10.2. The molecule has 0 amide bonds. The van der Waals surface area contributed by atoms with Crippen LogP contribution in [0.3, 0.4) is 0 Å². The summed E-state index contributed by atoms with van der Waals surface area (Å²) in [5.41, 5.74) is 0. The van der Waals surface area contributed by atoms with Crippen molar-refractivity contribution in [3.63, 3.8) is 0 Å². The van der Waals surface area contributed by atoms with Crippen molar-refractivity contribution in [1.82, 2.24) is 4.72 Å². The van der Waals surface area contributed by atoms with Gasteiger partial charge in [-0.2, -0.15) is 0 Å². The normalized spacial score (nSPS) is 11.7. The van der Waals surface area contributed by atoms with Crippen LogP contribution in [0.1, 0.15) is 32.6 Å². The van der Waals surface area contributed by atoms with Gasteiger partial charge in [-0.3, -0.25) is 0 Å². The second kappa shape index (κ2) is 7.48. The van der Waals surface area contributed by atoms with Crippen LogP contribution in [0.4, 0.5) is 0 Å². The molecule has 102 valence electrons. The Morgan fingerprint density at radius 3 is 2.61 bits per heavy atom. The van der Waals surface area contributed by atoms with Gasteiger partial charge in [-0.1, -0.05) is 53.7 Å². The van der Waals surface area contributed by atoms with E-state index < -0.39 is 10.0 Å². The summed E-state index contributed by atoms with van der Waals surface area (Å²) in [5.74, 6) is 0. The minimum atomic E-state index is -3.50. The van der Waals surface area contributed by atoms with E-state index in [4.69, 9.17) is 11.6 Å². The fourth-order valence-electron chi connectivity index (χ4n) is 1.53. The Balaban J connectivity index is 2.63. The van der Waals surface area contributed by atoms with Gasteiger partial charge in [-0.15, -0.1) is 0 Å². The van der Waals surface area contributed by atoms with Crippen LogP contribution in [0.2, 0.25) is 5.02 Å². The van der Waals surface area contributed by atoms with Crippen LogP contribution in [0.25, 0.3) is 0 Å². The van der Waals surface area contributed by atoms with E-state index in [1.807, 2.05) is 0 Å². The SMILES string of the molecule is CCCCCCNS(=O)(=O)c1ccc(Br)cc1Cl. The summed E-state index contributed by atoms with van der Waals surface area (Å²) in [7, 11) is -3.50. The summed E-state index contributed by atoms with van der Waals surface area (Å²) in [6, 6.07) is 4.74. The summed E-state index contributed by atoms with van der Waals surface area (Å²) in [4.78, 5) is 0.128. The number of sulfonamides is 1. The first-order valence-corrected chi connectivity index (χ1v) is 8.57. The minimum absolute atomic E-state index is 0.128. The molecule has 1 N–H and O–H groups in total. The Bertz CT molecular complexity index is 491. The Hall–Kier alpha value is -0.100. The molecule has 1 aromatic rings. The van der Waals surface area contributed by atoms with Gasteiger partial charge >= 0.3 is 0 Å². The van der Waals surface area contributed by atoms with Crippen molar-refractivity contribution in [2.75, 3.05) is 6.54 Å². The smallest absolute Gasteiger partial charge is 0.211 e. The van der Waals surface area contributed by atoms with Crippen LogP contribution in [0, 0.1) is 0 Å². The first-order chi connectivity index (χ1) is 8.47. The minimum Gasteiger partial charge on any atom is -0.211 e. The third kappa shape index (κ3) is 4.88. The monoisotopic (exact) mass is 353 g/mol. The lowest BCUT2D eigenvalue weighted by Crippen LogP contribution is -2.25. The van der Waals surface area contributed by atoms with Crippen molar-refractivity contribution in [2.45, 2.75) is 37.5 Å². The van der Waals surface area contributed by atoms with Crippen LogP contribution in [0.15, 0.2) is 27.6 Å². The highest BCUT2D eigenvalue weighted by Gasteiger charge is 2.17. The number of nitrogens with one attached hydrogen (secondary N) is 1. The summed E-state index contributed by atoms with van der Waals surface area (Å²) >= 11 is 9.17. The molecule has 1 rings (SSSR count). The number of hydrogen-bond acceptors (Lipinski definition) is 2. The number of benzene rings is 1. The lowest BCUT2D eigenvalue weighted by molar-refractivity contribution is 0.573. The van der Waals surface area contributed by atoms with Gasteiger partial charge in [-0.05, 0) is 24.6 Å². The van der Waals surface area contributed by atoms with Crippen molar-refractivity contribution in [3.05, 3.63) is 27.7 Å². The highest BCUT2D eigenvalue weighted by Crippen LogP contribution is 2.24. The Kier molecular flexibility index (Phi) is 6.63. The Labute approximate surface area is 122 Å².